The average molecular weight is 435 g/mol. The second kappa shape index (κ2) is 8.69. The topological polar surface area (TPSA) is 70.1 Å². The van der Waals surface area contributed by atoms with Crippen LogP contribution in [0.5, 0.6) is 5.75 Å². The summed E-state index contributed by atoms with van der Waals surface area (Å²) in [7, 11) is 5.52. The van der Waals surface area contributed by atoms with Gasteiger partial charge in [0, 0.05) is 31.4 Å². The largest absolute Gasteiger partial charge is 0.507 e. The lowest BCUT2D eigenvalue weighted by Gasteiger charge is -2.31. The zero-order chi connectivity index (χ0) is 23.0. The highest BCUT2D eigenvalue weighted by Crippen LogP contribution is 2.43. The molecule has 1 saturated carbocycles. The number of aryl methyl sites for hydroxylation is 1. The lowest BCUT2D eigenvalue weighted by atomic mass is 9.94. The molecule has 1 heterocycles. The Morgan fingerprint density at radius 3 is 2.28 bits per heavy atom. The molecule has 168 valence electrons. The number of rotatable bonds is 5. The van der Waals surface area contributed by atoms with E-state index in [0.717, 1.165) is 42.5 Å². The highest BCUT2D eigenvalue weighted by molar-refractivity contribution is 6.46. The monoisotopic (exact) mass is 434 g/mol. The van der Waals surface area contributed by atoms with E-state index < -0.39 is 17.7 Å². The number of carbonyl (C=O) groups excluding carboxylic acids is 2. The molecule has 1 aliphatic carbocycles. The van der Waals surface area contributed by atoms with Gasteiger partial charge in [0.05, 0.1) is 18.7 Å². The van der Waals surface area contributed by atoms with Crippen molar-refractivity contribution in [2.24, 2.45) is 0 Å². The van der Waals surface area contributed by atoms with Crippen LogP contribution < -0.4 is 9.64 Å². The number of hydrogen-bond donors (Lipinski definition) is 1. The Morgan fingerprint density at radius 2 is 1.72 bits per heavy atom. The predicted octanol–water partition coefficient (Wildman–Crippen LogP) is 4.43. The van der Waals surface area contributed by atoms with Crippen LogP contribution in [0.1, 0.15) is 48.4 Å². The lowest BCUT2D eigenvalue weighted by molar-refractivity contribution is -0.141. The van der Waals surface area contributed by atoms with Gasteiger partial charge in [-0.1, -0.05) is 25.0 Å². The third kappa shape index (κ3) is 3.74. The van der Waals surface area contributed by atoms with Crippen LogP contribution in [-0.2, 0) is 9.59 Å². The van der Waals surface area contributed by atoms with Crippen molar-refractivity contribution in [2.75, 3.05) is 26.1 Å². The van der Waals surface area contributed by atoms with Gasteiger partial charge >= 0.3 is 0 Å². The van der Waals surface area contributed by atoms with E-state index in [0.29, 0.717) is 11.3 Å². The Bertz CT molecular complexity index is 1070. The van der Waals surface area contributed by atoms with E-state index in [-0.39, 0.29) is 17.4 Å². The summed E-state index contributed by atoms with van der Waals surface area (Å²) in [6, 6.07) is 12.5. The molecular weight excluding hydrogens is 404 g/mol. The summed E-state index contributed by atoms with van der Waals surface area (Å²) >= 11 is 0. The molecule has 2 aromatic carbocycles. The second-order valence-electron chi connectivity index (χ2n) is 8.82. The minimum Gasteiger partial charge on any atom is -0.507 e. The molecule has 2 aliphatic rings. The van der Waals surface area contributed by atoms with Crippen LogP contribution in [0, 0.1) is 6.92 Å². The number of amides is 1. The molecule has 0 aromatic heterocycles. The number of ketones is 1. The van der Waals surface area contributed by atoms with Crippen molar-refractivity contribution in [3.8, 4) is 5.75 Å². The number of anilines is 1. The maximum absolute atomic E-state index is 13.2. The SMILES string of the molecule is COc1ccc(/C(O)=C2/C(=O)C(=O)N(C3CCCC3)C2c2ccc(N(C)C)cc2)cc1C. The molecule has 0 radical (unpaired) electrons. The van der Waals surface area contributed by atoms with E-state index in [2.05, 4.69) is 0 Å². The molecule has 1 amide bonds. The van der Waals surface area contributed by atoms with Crippen molar-refractivity contribution in [2.45, 2.75) is 44.7 Å². The Hall–Kier alpha value is -3.28. The summed E-state index contributed by atoms with van der Waals surface area (Å²) < 4.78 is 5.32. The molecule has 0 bridgehead atoms. The summed E-state index contributed by atoms with van der Waals surface area (Å²) in [6.07, 6.45) is 3.83. The fraction of sp³-hybridized carbons (Fsp3) is 0.385. The Morgan fingerprint density at radius 1 is 1.06 bits per heavy atom. The third-order valence-electron chi connectivity index (χ3n) is 6.59. The van der Waals surface area contributed by atoms with E-state index in [1.165, 1.54) is 0 Å². The smallest absolute Gasteiger partial charge is 0.295 e. The number of carbonyl (C=O) groups is 2. The highest BCUT2D eigenvalue weighted by atomic mass is 16.5. The number of aliphatic hydroxyl groups excluding tert-OH is 1. The van der Waals surface area contributed by atoms with Crippen LogP contribution >= 0.6 is 0 Å². The van der Waals surface area contributed by atoms with Crippen molar-refractivity contribution in [3.05, 3.63) is 64.7 Å². The molecular formula is C26H30N2O4. The maximum Gasteiger partial charge on any atom is 0.295 e. The van der Waals surface area contributed by atoms with Gasteiger partial charge in [-0.25, -0.2) is 0 Å². The molecule has 4 rings (SSSR count). The quantitative estimate of drug-likeness (QED) is 0.428. The molecule has 2 aromatic rings. The molecule has 1 unspecified atom stereocenters. The van der Waals surface area contributed by atoms with Gasteiger partial charge in [0.1, 0.15) is 11.5 Å². The summed E-state index contributed by atoms with van der Waals surface area (Å²) in [4.78, 5) is 30.1. The van der Waals surface area contributed by atoms with Gasteiger partial charge in [-0.3, -0.25) is 9.59 Å². The first-order chi connectivity index (χ1) is 15.3. The molecule has 1 aliphatic heterocycles. The summed E-state index contributed by atoms with van der Waals surface area (Å²) in [5.41, 5.74) is 3.35. The molecule has 2 fully saturated rings. The normalized spacial score (nSPS) is 20.8. The van der Waals surface area contributed by atoms with Crippen LogP contribution in [0.2, 0.25) is 0 Å². The van der Waals surface area contributed by atoms with Gasteiger partial charge in [-0.2, -0.15) is 0 Å². The average Bonchev–Trinajstić information content (AvgIpc) is 3.40. The second-order valence-corrected chi connectivity index (χ2v) is 8.82. The summed E-state index contributed by atoms with van der Waals surface area (Å²) in [5.74, 6) is -0.588. The van der Waals surface area contributed by atoms with Crippen LogP contribution in [-0.4, -0.2) is 48.9 Å². The fourth-order valence-electron chi connectivity index (χ4n) is 4.87. The first kappa shape index (κ1) is 21.9. The zero-order valence-electron chi connectivity index (χ0n) is 19.1. The number of benzene rings is 2. The van der Waals surface area contributed by atoms with Crippen LogP contribution in [0.15, 0.2) is 48.0 Å². The van der Waals surface area contributed by atoms with Crippen molar-refractivity contribution in [3.63, 3.8) is 0 Å². The summed E-state index contributed by atoms with van der Waals surface area (Å²) in [6.45, 7) is 1.88. The van der Waals surface area contributed by atoms with Gasteiger partial charge in [-0.05, 0) is 61.2 Å². The molecule has 0 spiro atoms. The Labute approximate surface area is 189 Å². The fourth-order valence-corrected chi connectivity index (χ4v) is 4.87. The van der Waals surface area contributed by atoms with Crippen molar-refractivity contribution < 1.29 is 19.4 Å². The van der Waals surface area contributed by atoms with E-state index in [1.54, 1.807) is 30.2 Å². The van der Waals surface area contributed by atoms with E-state index >= 15 is 0 Å². The third-order valence-corrected chi connectivity index (χ3v) is 6.59. The maximum atomic E-state index is 13.2. The molecule has 32 heavy (non-hydrogen) atoms. The number of methoxy groups -OCH3 is 1. The van der Waals surface area contributed by atoms with E-state index in [9.17, 15) is 14.7 Å². The first-order valence-corrected chi connectivity index (χ1v) is 11.1. The van der Waals surface area contributed by atoms with Gasteiger partial charge in [-0.15, -0.1) is 0 Å². The van der Waals surface area contributed by atoms with Crippen LogP contribution in [0.4, 0.5) is 5.69 Å². The Balaban J connectivity index is 1.86. The van der Waals surface area contributed by atoms with Crippen LogP contribution in [0.3, 0.4) is 0 Å². The van der Waals surface area contributed by atoms with Crippen molar-refractivity contribution >= 4 is 23.1 Å². The summed E-state index contributed by atoms with van der Waals surface area (Å²) in [5, 5.41) is 11.3. The van der Waals surface area contributed by atoms with Crippen molar-refractivity contribution in [1.29, 1.82) is 0 Å². The minimum absolute atomic E-state index is 0.00730. The van der Waals surface area contributed by atoms with Gasteiger partial charge in [0.2, 0.25) is 0 Å². The molecule has 6 heteroatoms. The molecule has 6 nitrogen and oxygen atoms in total. The van der Waals surface area contributed by atoms with Gasteiger partial charge < -0.3 is 19.6 Å². The molecule has 1 atom stereocenters. The van der Waals surface area contributed by atoms with Crippen LogP contribution in [0.25, 0.3) is 5.76 Å². The number of likely N-dealkylation sites (tertiary alicyclic amines) is 1. The number of hydrogen-bond acceptors (Lipinski definition) is 5. The minimum atomic E-state index is -0.621. The van der Waals surface area contributed by atoms with Crippen molar-refractivity contribution in [1.82, 2.24) is 4.90 Å². The number of aliphatic hydroxyl groups is 1. The highest BCUT2D eigenvalue weighted by Gasteiger charge is 2.49. The van der Waals surface area contributed by atoms with E-state index in [4.69, 9.17) is 4.74 Å². The molecule has 1 N–H and O–H groups in total. The lowest BCUT2D eigenvalue weighted by Crippen LogP contribution is -2.37. The zero-order valence-corrected chi connectivity index (χ0v) is 19.1. The predicted molar refractivity (Wildman–Crippen MR) is 125 cm³/mol. The Kier molecular flexibility index (Phi) is 5.96. The standard InChI is InChI=1S/C26H30N2O4/c1-16-15-18(11-14-21(16)32-4)24(29)22-23(17-9-12-19(13-10-17)27(2)3)28(26(31)25(22)30)20-7-5-6-8-20/h9-15,20,23,29H,5-8H2,1-4H3/b24-22-. The van der Waals surface area contributed by atoms with Gasteiger partial charge in [0.25, 0.3) is 11.7 Å². The van der Waals surface area contributed by atoms with E-state index in [1.807, 2.05) is 50.2 Å². The number of Topliss-reactive ketones (excluding diaryl/α,β-unsaturated/α-hetero) is 1. The van der Waals surface area contributed by atoms with Gasteiger partial charge in [0.15, 0.2) is 0 Å². The number of nitrogens with zero attached hydrogens (tertiary/aromatic N) is 2. The number of ether oxygens (including phenoxy) is 1. The first-order valence-electron chi connectivity index (χ1n) is 11.1. The molecule has 1 saturated heterocycles.